The molecular formula is C19H21ClN2O5. The van der Waals surface area contributed by atoms with Crippen molar-refractivity contribution in [3.8, 4) is 11.5 Å². The van der Waals surface area contributed by atoms with Gasteiger partial charge in [-0.1, -0.05) is 23.7 Å². The molecule has 2 rings (SSSR count). The predicted molar refractivity (Wildman–Crippen MR) is 102 cm³/mol. The fourth-order valence-corrected chi connectivity index (χ4v) is 2.46. The fourth-order valence-electron chi connectivity index (χ4n) is 2.30. The van der Waals surface area contributed by atoms with Gasteiger partial charge < -0.3 is 25.3 Å². The van der Waals surface area contributed by atoms with Crippen LogP contribution in [-0.2, 0) is 16.0 Å². The van der Waals surface area contributed by atoms with Crippen LogP contribution in [0.4, 0.5) is 5.69 Å². The first kappa shape index (κ1) is 20.4. The van der Waals surface area contributed by atoms with E-state index in [0.29, 0.717) is 13.0 Å². The van der Waals surface area contributed by atoms with Crippen molar-refractivity contribution in [2.75, 3.05) is 33.1 Å². The average Bonchev–Trinajstić information content (AvgIpc) is 2.68. The quantitative estimate of drug-likeness (QED) is 0.528. The minimum Gasteiger partial charge on any atom is -0.497 e. The van der Waals surface area contributed by atoms with Crippen molar-refractivity contribution in [3.05, 3.63) is 52.5 Å². The SMILES string of the molecule is COc1ccc(CCNC(=O)COC(=O)c2cc(Cl)c(N)cc2OC)cc1. The third kappa shape index (κ3) is 5.79. The second kappa shape index (κ2) is 9.68. The lowest BCUT2D eigenvalue weighted by atomic mass is 10.1. The van der Waals surface area contributed by atoms with Crippen molar-refractivity contribution in [2.24, 2.45) is 0 Å². The number of nitrogens with one attached hydrogen (secondary N) is 1. The summed E-state index contributed by atoms with van der Waals surface area (Å²) in [5, 5.41) is 2.89. The largest absolute Gasteiger partial charge is 0.497 e. The minimum absolute atomic E-state index is 0.0998. The van der Waals surface area contributed by atoms with E-state index in [1.54, 1.807) is 7.11 Å². The van der Waals surface area contributed by atoms with Gasteiger partial charge in [0.25, 0.3) is 5.91 Å². The molecule has 2 aromatic rings. The number of amides is 1. The number of anilines is 1. The first-order valence-electron chi connectivity index (χ1n) is 8.14. The van der Waals surface area contributed by atoms with Gasteiger partial charge in [0.15, 0.2) is 6.61 Å². The molecule has 2 aromatic carbocycles. The first-order valence-corrected chi connectivity index (χ1v) is 8.52. The highest BCUT2D eigenvalue weighted by atomic mass is 35.5. The van der Waals surface area contributed by atoms with Crippen molar-refractivity contribution in [2.45, 2.75) is 6.42 Å². The average molecular weight is 393 g/mol. The summed E-state index contributed by atoms with van der Waals surface area (Å²) in [6, 6.07) is 10.3. The molecule has 0 saturated heterocycles. The van der Waals surface area contributed by atoms with Gasteiger partial charge in [-0.25, -0.2) is 4.79 Å². The van der Waals surface area contributed by atoms with Crippen molar-refractivity contribution < 1.29 is 23.8 Å². The zero-order valence-corrected chi connectivity index (χ0v) is 15.8. The van der Waals surface area contributed by atoms with Crippen LogP contribution in [0.25, 0.3) is 0 Å². The summed E-state index contributed by atoms with van der Waals surface area (Å²) < 4.78 is 15.2. The molecule has 0 heterocycles. The Bertz CT molecular complexity index is 808. The third-order valence-corrected chi connectivity index (χ3v) is 4.10. The smallest absolute Gasteiger partial charge is 0.342 e. The van der Waals surface area contributed by atoms with E-state index >= 15 is 0 Å². The minimum atomic E-state index is -0.723. The Hall–Kier alpha value is -2.93. The highest BCUT2D eigenvalue weighted by Crippen LogP contribution is 2.29. The molecule has 27 heavy (non-hydrogen) atoms. The van der Waals surface area contributed by atoms with Crippen molar-refractivity contribution in [1.29, 1.82) is 0 Å². The van der Waals surface area contributed by atoms with Gasteiger partial charge in [0.2, 0.25) is 0 Å². The van der Waals surface area contributed by atoms with Gasteiger partial charge in [-0.2, -0.15) is 0 Å². The topological polar surface area (TPSA) is 99.9 Å². The molecule has 0 atom stereocenters. The lowest BCUT2D eigenvalue weighted by molar-refractivity contribution is -0.124. The fraction of sp³-hybridized carbons (Fsp3) is 0.263. The van der Waals surface area contributed by atoms with Crippen LogP contribution in [-0.4, -0.2) is 39.2 Å². The molecule has 0 aliphatic rings. The second-order valence-electron chi connectivity index (χ2n) is 5.60. The zero-order chi connectivity index (χ0) is 19.8. The number of hydrogen-bond acceptors (Lipinski definition) is 6. The molecule has 0 saturated carbocycles. The normalized spacial score (nSPS) is 10.2. The number of halogens is 1. The summed E-state index contributed by atoms with van der Waals surface area (Å²) in [7, 11) is 3.00. The number of nitrogens with two attached hydrogens (primary N) is 1. The number of carbonyl (C=O) groups is 2. The third-order valence-electron chi connectivity index (χ3n) is 3.77. The molecule has 0 aliphatic carbocycles. The lowest BCUT2D eigenvalue weighted by Crippen LogP contribution is -2.30. The molecule has 0 fully saturated rings. The molecule has 3 N–H and O–H groups in total. The van der Waals surface area contributed by atoms with Gasteiger partial charge in [-0.05, 0) is 30.2 Å². The Kier molecular flexibility index (Phi) is 7.31. The number of hydrogen-bond donors (Lipinski definition) is 2. The van der Waals surface area contributed by atoms with Gasteiger partial charge in [0.1, 0.15) is 17.1 Å². The molecule has 0 aromatic heterocycles. The van der Waals surface area contributed by atoms with Crippen molar-refractivity contribution in [3.63, 3.8) is 0 Å². The molecule has 1 amide bonds. The molecule has 0 radical (unpaired) electrons. The Labute approximate surface area is 162 Å². The van der Waals surface area contributed by atoms with E-state index in [-0.39, 0.29) is 22.0 Å². The maximum atomic E-state index is 12.2. The summed E-state index contributed by atoms with van der Waals surface area (Å²) in [5.41, 5.74) is 7.10. The van der Waals surface area contributed by atoms with Gasteiger partial charge >= 0.3 is 5.97 Å². The second-order valence-corrected chi connectivity index (χ2v) is 6.01. The van der Waals surface area contributed by atoms with Crippen LogP contribution in [0.15, 0.2) is 36.4 Å². The first-order chi connectivity index (χ1) is 12.9. The summed E-state index contributed by atoms with van der Waals surface area (Å²) in [6.07, 6.45) is 0.644. The predicted octanol–water partition coefficient (Wildman–Crippen LogP) is 2.46. The Morgan fingerprint density at radius 2 is 1.81 bits per heavy atom. The molecule has 144 valence electrons. The number of ether oxygens (including phenoxy) is 3. The van der Waals surface area contributed by atoms with E-state index in [9.17, 15) is 9.59 Å². The summed E-state index contributed by atoms with van der Waals surface area (Å²) >= 11 is 5.92. The molecule has 0 aliphatic heterocycles. The van der Waals surface area contributed by atoms with Crippen LogP contribution in [0.2, 0.25) is 5.02 Å². The number of nitrogen functional groups attached to an aromatic ring is 1. The number of carbonyl (C=O) groups excluding carboxylic acids is 2. The summed E-state index contributed by atoms with van der Waals surface area (Å²) in [4.78, 5) is 24.0. The molecule has 7 nitrogen and oxygen atoms in total. The number of rotatable bonds is 8. The van der Waals surface area contributed by atoms with Crippen molar-refractivity contribution in [1.82, 2.24) is 5.32 Å². The molecule has 0 unspecified atom stereocenters. The maximum Gasteiger partial charge on any atom is 0.342 e. The van der Waals surface area contributed by atoms with E-state index in [2.05, 4.69) is 5.32 Å². The van der Waals surface area contributed by atoms with Gasteiger partial charge in [0, 0.05) is 12.6 Å². The summed E-state index contributed by atoms with van der Waals surface area (Å²) in [6.45, 7) is 0.00628. The number of methoxy groups -OCH3 is 2. The highest BCUT2D eigenvalue weighted by molar-refractivity contribution is 6.33. The highest BCUT2D eigenvalue weighted by Gasteiger charge is 2.17. The van der Waals surface area contributed by atoms with Gasteiger partial charge in [-0.15, -0.1) is 0 Å². The van der Waals surface area contributed by atoms with E-state index in [1.807, 2.05) is 24.3 Å². The van der Waals surface area contributed by atoms with Crippen LogP contribution in [0.3, 0.4) is 0 Å². The van der Waals surface area contributed by atoms with Crippen LogP contribution in [0, 0.1) is 0 Å². The van der Waals surface area contributed by atoms with Crippen LogP contribution < -0.4 is 20.5 Å². The summed E-state index contributed by atoms with van der Waals surface area (Å²) in [5.74, 6) is -0.133. The lowest BCUT2D eigenvalue weighted by Gasteiger charge is -2.11. The number of benzene rings is 2. The van der Waals surface area contributed by atoms with Crippen LogP contribution in [0.1, 0.15) is 15.9 Å². The van der Waals surface area contributed by atoms with E-state index in [1.165, 1.54) is 19.2 Å². The Morgan fingerprint density at radius 3 is 2.44 bits per heavy atom. The standard InChI is InChI=1S/C19H21ClN2O5/c1-25-13-5-3-12(4-6-13)7-8-22-18(23)11-27-19(24)14-9-15(20)16(21)10-17(14)26-2/h3-6,9-10H,7-8,11,21H2,1-2H3,(H,22,23). The molecular weight excluding hydrogens is 372 g/mol. The van der Waals surface area contributed by atoms with Gasteiger partial charge in [0.05, 0.1) is 24.9 Å². The van der Waals surface area contributed by atoms with Gasteiger partial charge in [-0.3, -0.25) is 4.79 Å². The molecule has 8 heteroatoms. The molecule has 0 bridgehead atoms. The van der Waals surface area contributed by atoms with Crippen LogP contribution in [0.5, 0.6) is 11.5 Å². The van der Waals surface area contributed by atoms with Crippen LogP contribution >= 0.6 is 11.6 Å². The maximum absolute atomic E-state index is 12.2. The Morgan fingerprint density at radius 1 is 1.11 bits per heavy atom. The monoisotopic (exact) mass is 392 g/mol. The van der Waals surface area contributed by atoms with E-state index in [4.69, 9.17) is 31.5 Å². The van der Waals surface area contributed by atoms with Crippen molar-refractivity contribution >= 4 is 29.2 Å². The number of esters is 1. The van der Waals surface area contributed by atoms with E-state index < -0.39 is 18.5 Å². The molecule has 0 spiro atoms. The van der Waals surface area contributed by atoms with E-state index in [0.717, 1.165) is 11.3 Å². The Balaban J connectivity index is 1.81. The zero-order valence-electron chi connectivity index (χ0n) is 15.1.